The van der Waals surface area contributed by atoms with Crippen molar-refractivity contribution in [2.45, 2.75) is 51.7 Å². The van der Waals surface area contributed by atoms with E-state index in [1.54, 1.807) is 7.11 Å². The number of aromatic nitrogens is 2. The van der Waals surface area contributed by atoms with Crippen molar-refractivity contribution in [1.29, 1.82) is 0 Å². The zero-order valence-corrected chi connectivity index (χ0v) is 10.3. The summed E-state index contributed by atoms with van der Waals surface area (Å²) in [6.45, 7) is 4.13. The Hall–Kier alpha value is -0.940. The quantitative estimate of drug-likeness (QED) is 0.769. The van der Waals surface area contributed by atoms with Gasteiger partial charge in [-0.05, 0) is 12.8 Å². The van der Waals surface area contributed by atoms with Gasteiger partial charge in [-0.2, -0.15) is 4.98 Å². The van der Waals surface area contributed by atoms with E-state index in [0.717, 1.165) is 19.3 Å². The molecule has 0 aliphatic carbocycles. The maximum Gasteiger partial charge on any atom is 0.228 e. The molecule has 2 atom stereocenters. The molecule has 5 heteroatoms. The summed E-state index contributed by atoms with van der Waals surface area (Å²) in [4.78, 5) is 4.29. The second kappa shape index (κ2) is 6.60. The van der Waals surface area contributed by atoms with Crippen molar-refractivity contribution in [2.24, 2.45) is 5.73 Å². The van der Waals surface area contributed by atoms with Crippen LogP contribution in [0.5, 0.6) is 0 Å². The van der Waals surface area contributed by atoms with Crippen LogP contribution >= 0.6 is 0 Å². The summed E-state index contributed by atoms with van der Waals surface area (Å²) in [5.41, 5.74) is 5.91. The minimum atomic E-state index is -0.0834. The maximum atomic E-state index is 5.91. The predicted molar refractivity (Wildman–Crippen MR) is 60.9 cm³/mol. The van der Waals surface area contributed by atoms with Crippen molar-refractivity contribution in [2.75, 3.05) is 7.11 Å². The first kappa shape index (κ1) is 13.1. The van der Waals surface area contributed by atoms with E-state index < -0.39 is 0 Å². The van der Waals surface area contributed by atoms with Crippen molar-refractivity contribution < 1.29 is 9.26 Å². The smallest absolute Gasteiger partial charge is 0.228 e. The third-order valence-electron chi connectivity index (χ3n) is 2.52. The van der Waals surface area contributed by atoms with Crippen molar-refractivity contribution >= 4 is 0 Å². The van der Waals surface area contributed by atoms with E-state index >= 15 is 0 Å². The largest absolute Gasteiger partial charge is 0.373 e. The van der Waals surface area contributed by atoms with Crippen LogP contribution in [0.1, 0.15) is 50.9 Å². The van der Waals surface area contributed by atoms with Gasteiger partial charge in [0.15, 0.2) is 0 Å². The Kier molecular flexibility index (Phi) is 5.42. The van der Waals surface area contributed by atoms with Crippen LogP contribution in [0.25, 0.3) is 0 Å². The molecule has 5 nitrogen and oxygen atoms in total. The molecule has 0 amide bonds. The van der Waals surface area contributed by atoms with Crippen LogP contribution in [0.3, 0.4) is 0 Å². The van der Waals surface area contributed by atoms with Gasteiger partial charge >= 0.3 is 0 Å². The highest BCUT2D eigenvalue weighted by Gasteiger charge is 2.16. The Morgan fingerprint density at radius 1 is 1.44 bits per heavy atom. The van der Waals surface area contributed by atoms with Crippen LogP contribution in [0.4, 0.5) is 0 Å². The van der Waals surface area contributed by atoms with Gasteiger partial charge in [0.05, 0.1) is 0 Å². The summed E-state index contributed by atoms with van der Waals surface area (Å²) in [7, 11) is 1.65. The summed E-state index contributed by atoms with van der Waals surface area (Å²) < 4.78 is 10.4. The third-order valence-corrected chi connectivity index (χ3v) is 2.52. The standard InChI is InChI=1S/C11H21N3O2/c1-4-6-8(12)7-10-13-11(14-16-10)9(5-2)15-3/h8-9H,4-7,12H2,1-3H3. The molecule has 0 bridgehead atoms. The van der Waals surface area contributed by atoms with Gasteiger partial charge in [-0.1, -0.05) is 25.4 Å². The zero-order chi connectivity index (χ0) is 12.0. The molecule has 0 aliphatic heterocycles. The number of hydrogen-bond donors (Lipinski definition) is 1. The molecule has 1 heterocycles. The maximum absolute atomic E-state index is 5.91. The van der Waals surface area contributed by atoms with Crippen LogP contribution in [0.2, 0.25) is 0 Å². The fourth-order valence-electron chi connectivity index (χ4n) is 1.63. The fraction of sp³-hybridized carbons (Fsp3) is 0.818. The molecule has 0 fully saturated rings. The van der Waals surface area contributed by atoms with Crippen molar-refractivity contribution in [3.05, 3.63) is 11.7 Å². The summed E-state index contributed by atoms with van der Waals surface area (Å²) in [5, 5.41) is 3.90. The first-order valence-corrected chi connectivity index (χ1v) is 5.82. The SMILES string of the molecule is CCCC(N)Cc1nc(C(CC)OC)no1. The number of hydrogen-bond acceptors (Lipinski definition) is 5. The molecule has 0 aromatic carbocycles. The summed E-state index contributed by atoms with van der Waals surface area (Å²) in [5.74, 6) is 1.22. The third kappa shape index (κ3) is 3.57. The monoisotopic (exact) mass is 227 g/mol. The normalized spacial score (nSPS) is 15.0. The van der Waals surface area contributed by atoms with E-state index in [1.165, 1.54) is 0 Å². The van der Waals surface area contributed by atoms with Gasteiger partial charge in [0, 0.05) is 19.6 Å². The topological polar surface area (TPSA) is 74.2 Å². The molecule has 0 aliphatic rings. The average Bonchev–Trinajstić information content (AvgIpc) is 2.68. The van der Waals surface area contributed by atoms with E-state index in [2.05, 4.69) is 17.1 Å². The van der Waals surface area contributed by atoms with Crippen LogP contribution in [0, 0.1) is 0 Å². The highest BCUT2D eigenvalue weighted by atomic mass is 16.5. The summed E-state index contributed by atoms with van der Waals surface area (Å²) >= 11 is 0. The van der Waals surface area contributed by atoms with E-state index in [4.69, 9.17) is 15.0 Å². The van der Waals surface area contributed by atoms with Gasteiger partial charge in [-0.15, -0.1) is 0 Å². The highest BCUT2D eigenvalue weighted by Crippen LogP contribution is 2.17. The lowest BCUT2D eigenvalue weighted by Gasteiger charge is -2.07. The second-order valence-corrected chi connectivity index (χ2v) is 3.93. The minimum Gasteiger partial charge on any atom is -0.373 e. The highest BCUT2D eigenvalue weighted by molar-refractivity contribution is 4.92. The van der Waals surface area contributed by atoms with Crippen molar-refractivity contribution in [1.82, 2.24) is 10.1 Å². The molecule has 92 valence electrons. The predicted octanol–water partition coefficient (Wildman–Crippen LogP) is 1.84. The first-order chi connectivity index (χ1) is 7.71. The Morgan fingerprint density at radius 3 is 2.75 bits per heavy atom. The molecule has 1 aromatic heterocycles. The Bertz CT molecular complexity index is 297. The Morgan fingerprint density at radius 2 is 2.19 bits per heavy atom. The van der Waals surface area contributed by atoms with E-state index in [1.807, 2.05) is 6.92 Å². The van der Waals surface area contributed by atoms with Gasteiger partial charge in [0.1, 0.15) is 6.10 Å². The molecule has 0 saturated carbocycles. The molecule has 1 rings (SSSR count). The number of nitrogens with zero attached hydrogens (tertiary/aromatic N) is 2. The minimum absolute atomic E-state index is 0.0834. The lowest BCUT2D eigenvalue weighted by molar-refractivity contribution is 0.0903. The van der Waals surface area contributed by atoms with Crippen molar-refractivity contribution in [3.8, 4) is 0 Å². The Balaban J connectivity index is 2.57. The average molecular weight is 227 g/mol. The van der Waals surface area contributed by atoms with Gasteiger partial charge in [0.25, 0.3) is 0 Å². The molecule has 16 heavy (non-hydrogen) atoms. The van der Waals surface area contributed by atoms with E-state index in [9.17, 15) is 0 Å². The Labute approximate surface area is 96.4 Å². The lowest BCUT2D eigenvalue weighted by Crippen LogP contribution is -2.22. The molecule has 0 spiro atoms. The number of ether oxygens (including phenoxy) is 1. The van der Waals surface area contributed by atoms with Gasteiger partial charge in [-0.3, -0.25) is 0 Å². The number of methoxy groups -OCH3 is 1. The number of nitrogens with two attached hydrogens (primary N) is 1. The zero-order valence-electron chi connectivity index (χ0n) is 10.3. The lowest BCUT2D eigenvalue weighted by atomic mass is 10.1. The van der Waals surface area contributed by atoms with E-state index in [-0.39, 0.29) is 12.1 Å². The number of rotatable bonds is 7. The molecule has 0 radical (unpaired) electrons. The van der Waals surface area contributed by atoms with Crippen LogP contribution < -0.4 is 5.73 Å². The molecule has 1 aromatic rings. The molecular weight excluding hydrogens is 206 g/mol. The molecule has 0 saturated heterocycles. The van der Waals surface area contributed by atoms with Crippen molar-refractivity contribution in [3.63, 3.8) is 0 Å². The van der Waals surface area contributed by atoms with Gasteiger partial charge < -0.3 is 15.0 Å². The second-order valence-electron chi connectivity index (χ2n) is 3.93. The molecule has 2 unspecified atom stereocenters. The fourth-order valence-corrected chi connectivity index (χ4v) is 1.63. The van der Waals surface area contributed by atoms with Crippen LogP contribution in [-0.4, -0.2) is 23.3 Å². The van der Waals surface area contributed by atoms with E-state index in [0.29, 0.717) is 18.1 Å². The van der Waals surface area contributed by atoms with Gasteiger partial charge in [-0.25, -0.2) is 0 Å². The molecular formula is C11H21N3O2. The van der Waals surface area contributed by atoms with Crippen LogP contribution in [-0.2, 0) is 11.2 Å². The summed E-state index contributed by atoms with van der Waals surface area (Å²) in [6.07, 6.45) is 3.42. The first-order valence-electron chi connectivity index (χ1n) is 5.82. The van der Waals surface area contributed by atoms with Crippen LogP contribution in [0.15, 0.2) is 4.52 Å². The molecule has 2 N–H and O–H groups in total. The van der Waals surface area contributed by atoms with Gasteiger partial charge in [0.2, 0.25) is 11.7 Å². The summed E-state index contributed by atoms with van der Waals surface area (Å²) in [6, 6.07) is 0.0981.